The summed E-state index contributed by atoms with van der Waals surface area (Å²) >= 11 is 3.67. The number of Topliss-reactive ketones (excluding diaryl/α,β-unsaturated/α-hetero) is 1. The van der Waals surface area contributed by atoms with Gasteiger partial charge in [-0.2, -0.15) is 0 Å². The molecule has 7 heteroatoms. The van der Waals surface area contributed by atoms with Crippen LogP contribution in [0.4, 0.5) is 0 Å². The third kappa shape index (κ3) is 3.31. The first-order chi connectivity index (χ1) is 15.2. The van der Waals surface area contributed by atoms with Crippen LogP contribution in [0.25, 0.3) is 0 Å². The maximum Gasteiger partial charge on any atom is 0.303 e. The average Bonchev–Trinajstić information content (AvgIpc) is 2.89. The molecule has 0 spiro atoms. The monoisotopic (exact) mass is 524 g/mol. The molecular formula is C26H37BrO6. The molecule has 0 aliphatic heterocycles. The third-order valence-corrected chi connectivity index (χ3v) is 11.1. The van der Waals surface area contributed by atoms with E-state index in [2.05, 4.69) is 35.9 Å². The van der Waals surface area contributed by atoms with Crippen molar-refractivity contribution in [3.8, 4) is 0 Å². The van der Waals surface area contributed by atoms with Gasteiger partial charge in [-0.25, -0.2) is 0 Å². The van der Waals surface area contributed by atoms with Crippen molar-refractivity contribution in [2.45, 2.75) is 102 Å². The Kier molecular flexibility index (Phi) is 5.97. The molecule has 4 aliphatic rings. The summed E-state index contributed by atoms with van der Waals surface area (Å²) in [6.07, 6.45) is 6.23. The number of rotatable bonds is 3. The number of ether oxygens (including phenoxy) is 2. The van der Waals surface area contributed by atoms with E-state index in [9.17, 15) is 19.5 Å². The first-order valence-corrected chi connectivity index (χ1v) is 13.1. The predicted molar refractivity (Wildman–Crippen MR) is 127 cm³/mol. The van der Waals surface area contributed by atoms with Crippen LogP contribution in [0.2, 0.25) is 0 Å². The zero-order valence-electron chi connectivity index (χ0n) is 20.6. The molecule has 1 N–H and O–H groups in total. The standard InChI is InChI=1S/C26H37BrO6/c1-14(28)26(31)22(27)12-21-19-8-7-17-11-18(32-15(2)29)13-24(5,33-16(3)30)25(17,6)20(19)9-10-23(21,26)4/h7,18-22,31H,8-13H2,1-6H3/t18?,19-,20+,21+,22+,23+,24?,25+,26-/m1/s1. The summed E-state index contributed by atoms with van der Waals surface area (Å²) in [4.78, 5) is 36.3. The van der Waals surface area contributed by atoms with Crippen LogP contribution in [0, 0.1) is 28.6 Å². The number of allylic oxidation sites excluding steroid dienone is 1. The van der Waals surface area contributed by atoms with Gasteiger partial charge >= 0.3 is 11.9 Å². The number of carbonyl (C=O) groups is 3. The zero-order chi connectivity index (χ0) is 24.6. The highest BCUT2D eigenvalue weighted by Crippen LogP contribution is 2.70. The van der Waals surface area contributed by atoms with Gasteiger partial charge in [0.05, 0.1) is 4.83 Å². The number of carbonyl (C=O) groups excluding carboxylic acids is 3. The molecule has 0 bridgehead atoms. The Hall–Kier alpha value is -1.21. The lowest BCUT2D eigenvalue weighted by molar-refractivity contribution is -0.203. The number of fused-ring (bicyclic) bond motifs is 5. The van der Waals surface area contributed by atoms with Gasteiger partial charge in [-0.05, 0) is 57.3 Å². The molecule has 2 unspecified atom stereocenters. The average molecular weight is 525 g/mol. The summed E-state index contributed by atoms with van der Waals surface area (Å²) in [7, 11) is 0. The first kappa shape index (κ1) is 24.9. The largest absolute Gasteiger partial charge is 0.462 e. The minimum absolute atomic E-state index is 0.169. The van der Waals surface area contributed by atoms with Crippen molar-refractivity contribution in [3.63, 3.8) is 0 Å². The lowest BCUT2D eigenvalue weighted by Gasteiger charge is -2.63. The van der Waals surface area contributed by atoms with E-state index < -0.39 is 22.0 Å². The maximum absolute atomic E-state index is 12.6. The molecule has 0 aromatic rings. The van der Waals surface area contributed by atoms with Crippen LogP contribution in [-0.2, 0) is 23.9 Å². The molecule has 0 aromatic carbocycles. The number of hydrogen-bond donors (Lipinski definition) is 1. The number of halogens is 1. The van der Waals surface area contributed by atoms with Crippen LogP contribution >= 0.6 is 15.9 Å². The van der Waals surface area contributed by atoms with E-state index >= 15 is 0 Å². The molecule has 4 aliphatic carbocycles. The summed E-state index contributed by atoms with van der Waals surface area (Å²) in [5.74, 6) is -0.140. The van der Waals surface area contributed by atoms with Gasteiger partial charge in [-0.3, -0.25) is 14.4 Å². The first-order valence-electron chi connectivity index (χ1n) is 12.1. The van der Waals surface area contributed by atoms with Crippen LogP contribution in [0.5, 0.6) is 0 Å². The fraction of sp³-hybridized carbons (Fsp3) is 0.808. The topological polar surface area (TPSA) is 89.9 Å². The number of alkyl halides is 1. The minimum atomic E-state index is -1.38. The van der Waals surface area contributed by atoms with E-state index in [0.717, 1.165) is 25.7 Å². The second-order valence-corrected chi connectivity index (χ2v) is 12.6. The van der Waals surface area contributed by atoms with Gasteiger partial charge in [0.15, 0.2) is 5.78 Å². The fourth-order valence-electron chi connectivity index (χ4n) is 8.44. The molecule has 33 heavy (non-hydrogen) atoms. The van der Waals surface area contributed by atoms with Gasteiger partial charge in [0.25, 0.3) is 0 Å². The second kappa shape index (κ2) is 7.91. The van der Waals surface area contributed by atoms with E-state index in [0.29, 0.717) is 12.8 Å². The Morgan fingerprint density at radius 2 is 1.76 bits per heavy atom. The molecule has 0 radical (unpaired) electrons. The van der Waals surface area contributed by atoms with E-state index in [-0.39, 0.29) is 46.4 Å². The van der Waals surface area contributed by atoms with Crippen molar-refractivity contribution in [1.29, 1.82) is 0 Å². The van der Waals surface area contributed by atoms with Gasteiger partial charge < -0.3 is 14.6 Å². The molecule has 0 aromatic heterocycles. The van der Waals surface area contributed by atoms with Crippen LogP contribution in [0.1, 0.15) is 80.1 Å². The van der Waals surface area contributed by atoms with Gasteiger partial charge in [-0.1, -0.05) is 41.4 Å². The van der Waals surface area contributed by atoms with Gasteiger partial charge in [0, 0.05) is 37.5 Å². The van der Waals surface area contributed by atoms with Crippen LogP contribution < -0.4 is 0 Å². The van der Waals surface area contributed by atoms with E-state index in [1.165, 1.54) is 26.3 Å². The summed E-state index contributed by atoms with van der Waals surface area (Å²) in [6, 6.07) is 0. The second-order valence-electron chi connectivity index (χ2n) is 11.5. The minimum Gasteiger partial charge on any atom is -0.462 e. The highest BCUT2D eigenvalue weighted by molar-refractivity contribution is 9.09. The molecule has 0 saturated heterocycles. The molecule has 3 saturated carbocycles. The van der Waals surface area contributed by atoms with E-state index in [1.807, 2.05) is 6.92 Å². The van der Waals surface area contributed by atoms with E-state index in [4.69, 9.17) is 9.47 Å². The summed E-state index contributed by atoms with van der Waals surface area (Å²) in [5.41, 5.74) is -1.90. The number of ketones is 1. The number of hydrogen-bond acceptors (Lipinski definition) is 6. The quantitative estimate of drug-likeness (QED) is 0.332. The van der Waals surface area contributed by atoms with Gasteiger partial charge in [-0.15, -0.1) is 0 Å². The van der Waals surface area contributed by atoms with Gasteiger partial charge in [0.2, 0.25) is 0 Å². The molecule has 6 nitrogen and oxygen atoms in total. The molecule has 0 amide bonds. The molecule has 3 fully saturated rings. The number of aliphatic hydroxyl groups is 1. The smallest absolute Gasteiger partial charge is 0.303 e. The zero-order valence-corrected chi connectivity index (χ0v) is 22.2. The van der Waals surface area contributed by atoms with Crippen molar-refractivity contribution >= 4 is 33.7 Å². The van der Waals surface area contributed by atoms with Crippen LogP contribution in [-0.4, -0.2) is 45.0 Å². The van der Waals surface area contributed by atoms with E-state index in [1.54, 1.807) is 0 Å². The molecule has 184 valence electrons. The fourth-order valence-corrected chi connectivity index (χ4v) is 9.69. The Morgan fingerprint density at radius 1 is 1.09 bits per heavy atom. The summed E-state index contributed by atoms with van der Waals surface area (Å²) in [6.45, 7) is 10.6. The van der Waals surface area contributed by atoms with Crippen molar-refractivity contribution in [1.82, 2.24) is 0 Å². The SMILES string of the molecule is CC(=O)OC1CC2=CC[C@@H]3[C@H](CC[C@@]4(C)[C@H]3C[C@H](Br)[C@]4(O)C(C)=O)[C@@]2(C)C(C)(OC(C)=O)C1. The molecule has 0 heterocycles. The Labute approximate surface area is 205 Å². The van der Waals surface area contributed by atoms with Crippen LogP contribution in [0.3, 0.4) is 0 Å². The van der Waals surface area contributed by atoms with Gasteiger partial charge in [0.1, 0.15) is 17.3 Å². The Morgan fingerprint density at radius 3 is 2.33 bits per heavy atom. The van der Waals surface area contributed by atoms with Crippen molar-refractivity contribution in [2.24, 2.45) is 28.6 Å². The normalized spacial score (nSPS) is 48.6. The molecular weight excluding hydrogens is 488 g/mol. The Balaban J connectivity index is 1.77. The lowest BCUT2D eigenvalue weighted by atomic mass is 9.43. The van der Waals surface area contributed by atoms with Crippen molar-refractivity contribution < 1.29 is 29.0 Å². The maximum atomic E-state index is 12.6. The molecule has 9 atom stereocenters. The summed E-state index contributed by atoms with van der Waals surface area (Å²) in [5, 5.41) is 11.6. The highest BCUT2D eigenvalue weighted by Gasteiger charge is 2.70. The van der Waals surface area contributed by atoms with Crippen LogP contribution in [0.15, 0.2) is 11.6 Å². The predicted octanol–water partition coefficient (Wildman–Crippen LogP) is 4.51. The van der Waals surface area contributed by atoms with Crippen molar-refractivity contribution in [2.75, 3.05) is 0 Å². The Bertz CT molecular complexity index is 914. The molecule has 4 rings (SSSR count). The third-order valence-electron chi connectivity index (χ3n) is 10.1. The van der Waals surface area contributed by atoms with Crippen molar-refractivity contribution in [3.05, 3.63) is 11.6 Å². The summed E-state index contributed by atoms with van der Waals surface area (Å²) < 4.78 is 11.7. The highest BCUT2D eigenvalue weighted by atomic mass is 79.9. The lowest BCUT2D eigenvalue weighted by Crippen LogP contribution is -2.64. The number of esters is 2.